The van der Waals surface area contributed by atoms with Gasteiger partial charge in [-0.15, -0.1) is 11.6 Å². The molecule has 0 amide bonds. The molecule has 0 aromatic heterocycles. The Morgan fingerprint density at radius 3 is 2.38 bits per heavy atom. The Hall–Kier alpha value is 0.0300. The molecule has 0 saturated heterocycles. The largest absolute Gasteiger partial charge is 0.122 e. The van der Waals surface area contributed by atoms with Crippen molar-refractivity contribution in [3.63, 3.8) is 0 Å². The van der Waals surface area contributed by atoms with Gasteiger partial charge in [0, 0.05) is 11.3 Å². The summed E-state index contributed by atoms with van der Waals surface area (Å²) in [7, 11) is 0. The average Bonchev–Trinajstić information content (AvgIpc) is 2.16. The molecule has 0 N–H and O–H groups in total. The molecule has 74 valence electrons. The van der Waals surface area contributed by atoms with Crippen molar-refractivity contribution in [3.8, 4) is 0 Å². The van der Waals surface area contributed by atoms with Gasteiger partial charge >= 0.3 is 0 Å². The van der Waals surface area contributed by atoms with E-state index in [0.717, 1.165) is 0 Å². The van der Waals surface area contributed by atoms with Gasteiger partial charge in [0.15, 0.2) is 0 Å². The number of allylic oxidation sites excluding steroid dienone is 2. The molecule has 0 aromatic rings. The van der Waals surface area contributed by atoms with E-state index in [0.29, 0.717) is 22.6 Å². The number of halogens is 1. The fourth-order valence-electron chi connectivity index (χ4n) is 3.32. The second kappa shape index (κ2) is 2.76. The first-order chi connectivity index (χ1) is 5.95. The van der Waals surface area contributed by atoms with Gasteiger partial charge in [-0.2, -0.15) is 0 Å². The van der Waals surface area contributed by atoms with Gasteiger partial charge in [-0.1, -0.05) is 25.0 Å². The van der Waals surface area contributed by atoms with E-state index in [1.165, 1.54) is 12.8 Å². The summed E-state index contributed by atoms with van der Waals surface area (Å²) in [5, 5.41) is 0.378. The van der Waals surface area contributed by atoms with Gasteiger partial charge in [0.2, 0.25) is 0 Å². The number of hydrogen-bond acceptors (Lipinski definition) is 0. The van der Waals surface area contributed by atoms with Crippen LogP contribution < -0.4 is 0 Å². The molecule has 1 saturated carbocycles. The zero-order chi connectivity index (χ0) is 9.80. The molecule has 0 aromatic carbocycles. The Morgan fingerprint density at radius 2 is 1.85 bits per heavy atom. The Bertz CT molecular complexity index is 262. The molecule has 2 rings (SSSR count). The summed E-state index contributed by atoms with van der Waals surface area (Å²) in [5.74, 6) is 1.31. The molecule has 1 heteroatoms. The summed E-state index contributed by atoms with van der Waals surface area (Å²) in [4.78, 5) is 0. The summed E-state index contributed by atoms with van der Waals surface area (Å²) in [6.07, 6.45) is 2.63. The van der Waals surface area contributed by atoms with E-state index in [2.05, 4.69) is 27.7 Å². The zero-order valence-corrected chi connectivity index (χ0v) is 9.78. The van der Waals surface area contributed by atoms with Crippen molar-refractivity contribution < 1.29 is 0 Å². The number of hydrogen-bond donors (Lipinski definition) is 0. The van der Waals surface area contributed by atoms with Crippen LogP contribution in [0.3, 0.4) is 0 Å². The molecule has 2 aliphatic rings. The van der Waals surface area contributed by atoms with Crippen molar-refractivity contribution in [3.05, 3.63) is 11.1 Å². The van der Waals surface area contributed by atoms with Crippen LogP contribution in [0.2, 0.25) is 0 Å². The van der Waals surface area contributed by atoms with Crippen LogP contribution in [-0.2, 0) is 0 Å². The first kappa shape index (κ1) is 9.58. The second-order valence-electron chi connectivity index (χ2n) is 5.42. The Morgan fingerprint density at radius 1 is 1.23 bits per heavy atom. The van der Waals surface area contributed by atoms with Gasteiger partial charge in [0.05, 0.1) is 0 Å². The first-order valence-electron chi connectivity index (χ1n) is 5.26. The lowest BCUT2D eigenvalue weighted by Gasteiger charge is -2.41. The molecule has 0 aliphatic heterocycles. The van der Waals surface area contributed by atoms with Crippen LogP contribution in [0.5, 0.6) is 0 Å². The van der Waals surface area contributed by atoms with Crippen LogP contribution in [0.4, 0.5) is 0 Å². The lowest BCUT2D eigenvalue weighted by Crippen LogP contribution is -2.36. The molecular weight excluding hydrogens is 180 g/mol. The molecule has 0 unspecified atom stereocenters. The average molecular weight is 199 g/mol. The fraction of sp³-hybridized carbons (Fsp3) is 0.833. The third-order valence-corrected chi connectivity index (χ3v) is 4.85. The van der Waals surface area contributed by atoms with Crippen molar-refractivity contribution in [1.29, 1.82) is 0 Å². The number of alkyl halides is 1. The highest BCUT2D eigenvalue weighted by molar-refractivity contribution is 6.21. The first-order valence-corrected chi connectivity index (χ1v) is 5.70. The highest BCUT2D eigenvalue weighted by Gasteiger charge is 2.49. The van der Waals surface area contributed by atoms with E-state index >= 15 is 0 Å². The van der Waals surface area contributed by atoms with Crippen LogP contribution >= 0.6 is 11.6 Å². The maximum absolute atomic E-state index is 6.51. The molecule has 13 heavy (non-hydrogen) atoms. The minimum absolute atomic E-state index is 0.378. The molecule has 0 nitrogen and oxygen atoms in total. The van der Waals surface area contributed by atoms with E-state index in [9.17, 15) is 0 Å². The van der Waals surface area contributed by atoms with Crippen LogP contribution in [0.1, 0.15) is 40.5 Å². The third-order valence-electron chi connectivity index (χ3n) is 4.29. The number of rotatable bonds is 0. The van der Waals surface area contributed by atoms with Crippen molar-refractivity contribution >= 4 is 11.6 Å². The third kappa shape index (κ3) is 1.18. The zero-order valence-electron chi connectivity index (χ0n) is 9.02. The monoisotopic (exact) mass is 198 g/mol. The molecule has 0 radical (unpaired) electrons. The topological polar surface area (TPSA) is 0 Å². The van der Waals surface area contributed by atoms with E-state index in [1.807, 2.05) is 0 Å². The smallest absolute Gasteiger partial charge is 0.0471 e. The van der Waals surface area contributed by atoms with E-state index in [1.54, 1.807) is 11.1 Å². The molecule has 1 fully saturated rings. The summed E-state index contributed by atoms with van der Waals surface area (Å²) in [5.41, 5.74) is 3.58. The van der Waals surface area contributed by atoms with Gasteiger partial charge in [-0.25, -0.2) is 0 Å². The van der Waals surface area contributed by atoms with E-state index in [4.69, 9.17) is 11.6 Å². The lowest BCUT2D eigenvalue weighted by molar-refractivity contribution is 0.164. The highest BCUT2D eigenvalue weighted by atomic mass is 35.5. The van der Waals surface area contributed by atoms with Gasteiger partial charge in [-0.3, -0.25) is 0 Å². The predicted molar refractivity (Wildman–Crippen MR) is 58.0 cm³/mol. The summed E-state index contributed by atoms with van der Waals surface area (Å²) in [6, 6.07) is 0. The molecule has 0 spiro atoms. The fourth-order valence-corrected chi connectivity index (χ4v) is 4.17. The molecular formula is C12H19Cl. The SMILES string of the molecule is CC1=C(C)[C@@H]2CCC(C)(C)[C@H]1[C@H]2Cl. The van der Waals surface area contributed by atoms with E-state index < -0.39 is 0 Å². The summed E-state index contributed by atoms with van der Waals surface area (Å²) in [6.45, 7) is 9.29. The molecule has 2 bridgehead atoms. The second-order valence-corrected chi connectivity index (χ2v) is 5.93. The minimum atomic E-state index is 0.378. The van der Waals surface area contributed by atoms with Crippen molar-refractivity contribution in [1.82, 2.24) is 0 Å². The van der Waals surface area contributed by atoms with Crippen molar-refractivity contribution in [2.45, 2.75) is 45.9 Å². The molecule has 0 heterocycles. The molecule has 2 aliphatic carbocycles. The quantitative estimate of drug-likeness (QED) is 0.408. The van der Waals surface area contributed by atoms with Gasteiger partial charge in [0.25, 0.3) is 0 Å². The molecule has 3 atom stereocenters. The predicted octanol–water partition coefficient (Wildman–Crippen LogP) is 4.00. The van der Waals surface area contributed by atoms with Gasteiger partial charge in [-0.05, 0) is 38.0 Å². The summed E-state index contributed by atoms with van der Waals surface area (Å²) < 4.78 is 0. The lowest BCUT2D eigenvalue weighted by atomic mass is 9.67. The number of fused-ring (bicyclic) bond motifs is 2. The maximum Gasteiger partial charge on any atom is 0.0471 e. The van der Waals surface area contributed by atoms with Crippen LogP contribution in [0.25, 0.3) is 0 Å². The van der Waals surface area contributed by atoms with Crippen LogP contribution in [0, 0.1) is 17.3 Å². The maximum atomic E-state index is 6.51. The van der Waals surface area contributed by atoms with E-state index in [-0.39, 0.29) is 0 Å². The van der Waals surface area contributed by atoms with Gasteiger partial charge in [0.1, 0.15) is 0 Å². The van der Waals surface area contributed by atoms with Crippen LogP contribution in [-0.4, -0.2) is 5.38 Å². The normalized spacial score (nSPS) is 42.7. The Balaban J connectivity index is 2.42. The summed E-state index contributed by atoms with van der Waals surface area (Å²) >= 11 is 6.51. The van der Waals surface area contributed by atoms with Crippen molar-refractivity contribution in [2.75, 3.05) is 0 Å². The Labute approximate surface area is 86.4 Å². The minimum Gasteiger partial charge on any atom is -0.122 e. The standard InChI is InChI=1S/C12H19Cl/c1-7-8(2)10-11(13)9(7)5-6-12(10,3)4/h9-11H,5-6H2,1-4H3/t9-,10+,11-/m0/s1. The highest BCUT2D eigenvalue weighted by Crippen LogP contribution is 2.56. The van der Waals surface area contributed by atoms with Crippen molar-refractivity contribution in [2.24, 2.45) is 17.3 Å². The van der Waals surface area contributed by atoms with Crippen LogP contribution in [0.15, 0.2) is 11.1 Å². The van der Waals surface area contributed by atoms with Gasteiger partial charge < -0.3 is 0 Å². The Kier molecular flexibility index (Phi) is 2.03.